The molecule has 2 amide bonds. The van der Waals surface area contributed by atoms with E-state index in [-0.39, 0.29) is 30.0 Å². The maximum Gasteiger partial charge on any atom is 0.407 e. The van der Waals surface area contributed by atoms with Gasteiger partial charge in [-0.15, -0.1) is 0 Å². The van der Waals surface area contributed by atoms with Crippen LogP contribution < -0.4 is 16.0 Å². The summed E-state index contributed by atoms with van der Waals surface area (Å²) in [4.78, 5) is 25.2. The second-order valence-corrected chi connectivity index (χ2v) is 10.5. The molecule has 2 bridgehead atoms. The summed E-state index contributed by atoms with van der Waals surface area (Å²) in [5, 5.41) is 10.2. The number of nitrogens with one attached hydrogen (secondary N) is 3. The fourth-order valence-electron chi connectivity index (χ4n) is 5.51. The third-order valence-corrected chi connectivity index (χ3v) is 7.02. The zero-order chi connectivity index (χ0) is 21.0. The number of carbonyl (C=O) groups excluding carboxylic acids is 2. The normalized spacial score (nSPS) is 36.6. The molecular formula is C23H41N3O3. The van der Waals surface area contributed by atoms with E-state index in [1.807, 2.05) is 27.7 Å². The van der Waals surface area contributed by atoms with Gasteiger partial charge in [-0.05, 0) is 77.7 Å². The molecule has 2 heterocycles. The highest BCUT2D eigenvalue weighted by Gasteiger charge is 2.38. The van der Waals surface area contributed by atoms with Crippen LogP contribution in [-0.2, 0) is 9.53 Å². The van der Waals surface area contributed by atoms with Crippen molar-refractivity contribution in [1.29, 1.82) is 0 Å². The molecule has 0 aromatic carbocycles. The van der Waals surface area contributed by atoms with Crippen LogP contribution >= 0.6 is 0 Å². The zero-order valence-electron chi connectivity index (χ0n) is 18.8. The largest absolute Gasteiger partial charge is 0.444 e. The van der Waals surface area contributed by atoms with Gasteiger partial charge < -0.3 is 20.7 Å². The monoisotopic (exact) mass is 407 g/mol. The molecule has 4 unspecified atom stereocenters. The van der Waals surface area contributed by atoms with E-state index in [1.165, 1.54) is 19.3 Å². The predicted octanol–water partition coefficient (Wildman–Crippen LogP) is 3.74. The first-order valence-corrected chi connectivity index (χ1v) is 11.8. The Hall–Kier alpha value is -1.30. The van der Waals surface area contributed by atoms with Gasteiger partial charge in [-0.1, -0.05) is 26.2 Å². The third kappa shape index (κ3) is 6.34. The molecule has 0 aromatic heterocycles. The van der Waals surface area contributed by atoms with E-state index in [0.29, 0.717) is 17.9 Å². The van der Waals surface area contributed by atoms with Crippen LogP contribution in [0.1, 0.15) is 85.5 Å². The molecule has 1 aliphatic carbocycles. The minimum atomic E-state index is -0.500. The molecule has 29 heavy (non-hydrogen) atoms. The number of hydrogen-bond donors (Lipinski definition) is 3. The number of carbonyl (C=O) groups is 2. The Balaban J connectivity index is 1.76. The van der Waals surface area contributed by atoms with Crippen LogP contribution in [0.2, 0.25) is 0 Å². The van der Waals surface area contributed by atoms with Crippen molar-refractivity contribution < 1.29 is 14.3 Å². The van der Waals surface area contributed by atoms with Crippen molar-refractivity contribution >= 4 is 12.0 Å². The van der Waals surface area contributed by atoms with Crippen LogP contribution in [0.3, 0.4) is 0 Å². The Morgan fingerprint density at radius 2 is 1.79 bits per heavy atom. The lowest BCUT2D eigenvalue weighted by Gasteiger charge is -2.44. The lowest BCUT2D eigenvalue weighted by Crippen LogP contribution is -2.56. The number of fused-ring (bicyclic) bond motifs is 4. The van der Waals surface area contributed by atoms with Crippen molar-refractivity contribution in [3.05, 3.63) is 0 Å². The summed E-state index contributed by atoms with van der Waals surface area (Å²) in [7, 11) is 0. The van der Waals surface area contributed by atoms with Gasteiger partial charge in [0.1, 0.15) is 5.60 Å². The molecule has 6 heteroatoms. The van der Waals surface area contributed by atoms with Crippen LogP contribution in [0.5, 0.6) is 0 Å². The molecule has 6 atom stereocenters. The number of rotatable bonds is 1. The third-order valence-electron chi connectivity index (χ3n) is 7.02. The van der Waals surface area contributed by atoms with Gasteiger partial charge in [0.25, 0.3) is 0 Å². The fourth-order valence-corrected chi connectivity index (χ4v) is 5.51. The summed E-state index contributed by atoms with van der Waals surface area (Å²) in [6, 6.07) is 0.637. The van der Waals surface area contributed by atoms with Gasteiger partial charge in [-0.25, -0.2) is 4.79 Å². The van der Waals surface area contributed by atoms with E-state index in [2.05, 4.69) is 16.0 Å². The lowest BCUT2D eigenvalue weighted by molar-refractivity contribution is -0.126. The highest BCUT2D eigenvalue weighted by atomic mass is 16.6. The van der Waals surface area contributed by atoms with Gasteiger partial charge in [0.05, 0.1) is 0 Å². The summed E-state index contributed by atoms with van der Waals surface area (Å²) in [6.45, 7) is 8.70. The van der Waals surface area contributed by atoms with E-state index in [9.17, 15) is 9.59 Å². The van der Waals surface area contributed by atoms with Crippen LogP contribution in [0, 0.1) is 17.8 Å². The van der Waals surface area contributed by atoms with Crippen molar-refractivity contribution in [2.24, 2.45) is 17.8 Å². The minimum Gasteiger partial charge on any atom is -0.444 e. The van der Waals surface area contributed by atoms with Crippen LogP contribution in [0.4, 0.5) is 4.79 Å². The molecule has 0 spiro atoms. The van der Waals surface area contributed by atoms with Gasteiger partial charge in [0.2, 0.25) is 5.91 Å². The summed E-state index contributed by atoms with van der Waals surface area (Å²) in [6.07, 6.45) is 9.33. The number of hydrogen-bond acceptors (Lipinski definition) is 4. The number of alkyl carbamates (subject to hydrolysis) is 1. The molecule has 3 N–H and O–H groups in total. The molecule has 6 nitrogen and oxygen atoms in total. The molecule has 3 aliphatic rings. The first-order valence-electron chi connectivity index (χ1n) is 11.8. The van der Waals surface area contributed by atoms with Crippen molar-refractivity contribution in [1.82, 2.24) is 16.0 Å². The smallest absolute Gasteiger partial charge is 0.407 e. The topological polar surface area (TPSA) is 79.5 Å². The molecule has 2 saturated heterocycles. The second kappa shape index (κ2) is 9.67. The van der Waals surface area contributed by atoms with E-state index in [1.54, 1.807) is 0 Å². The molecular weight excluding hydrogens is 366 g/mol. The number of ether oxygens (including phenoxy) is 1. The van der Waals surface area contributed by atoms with Crippen molar-refractivity contribution in [2.75, 3.05) is 6.54 Å². The van der Waals surface area contributed by atoms with Crippen molar-refractivity contribution in [3.63, 3.8) is 0 Å². The van der Waals surface area contributed by atoms with Crippen LogP contribution in [-0.4, -0.2) is 42.3 Å². The maximum atomic E-state index is 12.8. The lowest BCUT2D eigenvalue weighted by atomic mass is 9.70. The van der Waals surface area contributed by atoms with Gasteiger partial charge >= 0.3 is 6.09 Å². The van der Waals surface area contributed by atoms with E-state index < -0.39 is 5.60 Å². The summed E-state index contributed by atoms with van der Waals surface area (Å²) < 4.78 is 5.53. The standard InChI is InChI=1S/C23H41N3O3/c1-15-8-7-11-19(26-22(28)29-23(2,3)4)20-14-16(12-13-24-20)17-9-5-6-10-18(17)25-21(15)27/h15-20,24H,5-14H2,1-4H3,(H,25,27)(H,26,28)/t15-,16?,17?,18?,19+,20?/m1/s1. The first-order chi connectivity index (χ1) is 13.7. The Morgan fingerprint density at radius 3 is 2.55 bits per heavy atom. The summed E-state index contributed by atoms with van der Waals surface area (Å²) >= 11 is 0. The Kier molecular flexibility index (Phi) is 7.47. The minimum absolute atomic E-state index is 0.0204. The number of amides is 2. The Morgan fingerprint density at radius 1 is 1.03 bits per heavy atom. The maximum absolute atomic E-state index is 12.8. The average molecular weight is 408 g/mol. The quantitative estimate of drug-likeness (QED) is 0.619. The van der Waals surface area contributed by atoms with E-state index in [0.717, 1.165) is 45.1 Å². The Labute approximate surface area is 176 Å². The van der Waals surface area contributed by atoms with Crippen molar-refractivity contribution in [2.45, 2.75) is 109 Å². The molecule has 3 rings (SSSR count). The summed E-state index contributed by atoms with van der Waals surface area (Å²) in [5.74, 6) is 1.40. The van der Waals surface area contributed by atoms with Gasteiger partial charge in [0, 0.05) is 24.0 Å². The highest BCUT2D eigenvalue weighted by molar-refractivity contribution is 5.78. The van der Waals surface area contributed by atoms with Crippen molar-refractivity contribution in [3.8, 4) is 0 Å². The van der Waals surface area contributed by atoms with E-state index in [4.69, 9.17) is 4.74 Å². The molecule has 2 aliphatic heterocycles. The SMILES string of the molecule is C[C@@H]1CCC[C@H](NC(=O)OC(C)(C)C)C2CC(CCN2)C2CCCCC2NC1=O. The predicted molar refractivity (Wildman–Crippen MR) is 115 cm³/mol. The van der Waals surface area contributed by atoms with Gasteiger partial charge in [0.15, 0.2) is 0 Å². The van der Waals surface area contributed by atoms with Crippen LogP contribution in [0.15, 0.2) is 0 Å². The molecule has 1 saturated carbocycles. The molecule has 0 radical (unpaired) electrons. The van der Waals surface area contributed by atoms with Crippen LogP contribution in [0.25, 0.3) is 0 Å². The number of piperidine rings is 1. The first kappa shape index (κ1) is 22.4. The average Bonchev–Trinajstić information content (AvgIpc) is 2.65. The second-order valence-electron chi connectivity index (χ2n) is 10.5. The summed E-state index contributed by atoms with van der Waals surface area (Å²) in [5.41, 5.74) is -0.500. The fraction of sp³-hybridized carbons (Fsp3) is 0.913. The van der Waals surface area contributed by atoms with Gasteiger partial charge in [-0.2, -0.15) is 0 Å². The zero-order valence-corrected chi connectivity index (χ0v) is 18.8. The van der Waals surface area contributed by atoms with Gasteiger partial charge in [-0.3, -0.25) is 4.79 Å². The van der Waals surface area contributed by atoms with E-state index >= 15 is 0 Å². The molecule has 0 aromatic rings. The Bertz CT molecular complexity index is 574. The molecule has 166 valence electrons. The highest BCUT2D eigenvalue weighted by Crippen LogP contribution is 2.37. The molecule has 3 fully saturated rings.